The molecule has 1 aliphatic rings. The van der Waals surface area contributed by atoms with E-state index in [0.717, 1.165) is 44.5 Å². The summed E-state index contributed by atoms with van der Waals surface area (Å²) in [5, 5.41) is 0. The van der Waals surface area contributed by atoms with E-state index < -0.39 is 15.6 Å². The Morgan fingerprint density at radius 3 is 2.48 bits per heavy atom. The van der Waals surface area contributed by atoms with Crippen molar-refractivity contribution in [1.29, 1.82) is 0 Å². The molecule has 8 heteroatoms. The fourth-order valence-electron chi connectivity index (χ4n) is 2.80. The number of halogens is 3. The van der Waals surface area contributed by atoms with E-state index in [1.54, 1.807) is 6.07 Å². The number of hydrogen-bond acceptors (Lipinski definition) is 4. The van der Waals surface area contributed by atoms with Crippen molar-refractivity contribution < 1.29 is 25.8 Å². The molecule has 0 radical (unpaired) electrons. The second kappa shape index (κ2) is 7.09. The van der Waals surface area contributed by atoms with Crippen LogP contribution < -0.4 is 4.18 Å². The largest absolute Gasteiger partial charge is 0.534 e. The van der Waals surface area contributed by atoms with Crippen LogP contribution in [0.15, 0.2) is 24.3 Å². The smallest absolute Gasteiger partial charge is 0.376 e. The quantitative estimate of drug-likeness (QED) is 0.602. The van der Waals surface area contributed by atoms with E-state index in [-0.39, 0.29) is 11.7 Å². The molecule has 1 aromatic carbocycles. The molecule has 1 fully saturated rings. The number of nitrogens with zero attached hydrogens (tertiary/aromatic N) is 1. The van der Waals surface area contributed by atoms with Crippen molar-refractivity contribution in [3.63, 3.8) is 0 Å². The van der Waals surface area contributed by atoms with Crippen molar-refractivity contribution in [1.82, 2.24) is 4.90 Å². The molecule has 0 aromatic heterocycles. The standard InChI is InChI=1S/C15H20F3NO3S/c1-2-8-19-9-6-12(7-10-19)13-4-3-5-14(11-13)22-23(20,21)15(16,17)18/h3-5,11-12H,2,6-10H2,1H3. The van der Waals surface area contributed by atoms with Gasteiger partial charge in [-0.2, -0.15) is 21.6 Å². The number of likely N-dealkylation sites (tertiary alicyclic amines) is 1. The molecule has 1 aliphatic heterocycles. The molecule has 4 nitrogen and oxygen atoms in total. The van der Waals surface area contributed by atoms with Crippen LogP contribution in [0.1, 0.15) is 37.7 Å². The molecule has 0 N–H and O–H groups in total. The fourth-order valence-corrected chi connectivity index (χ4v) is 3.25. The maximum atomic E-state index is 12.4. The van der Waals surface area contributed by atoms with Crippen LogP contribution in [0.2, 0.25) is 0 Å². The van der Waals surface area contributed by atoms with Crippen LogP contribution in [0.5, 0.6) is 5.75 Å². The molecular formula is C15H20F3NO3S. The summed E-state index contributed by atoms with van der Waals surface area (Å²) in [6.07, 6.45) is 2.88. The van der Waals surface area contributed by atoms with E-state index in [1.165, 1.54) is 18.2 Å². The summed E-state index contributed by atoms with van der Waals surface area (Å²) in [5.74, 6) is -0.0870. The van der Waals surface area contributed by atoms with Crippen LogP contribution in [-0.4, -0.2) is 38.5 Å². The molecule has 1 heterocycles. The average Bonchev–Trinajstić information content (AvgIpc) is 2.47. The van der Waals surface area contributed by atoms with Gasteiger partial charge in [-0.1, -0.05) is 19.1 Å². The highest BCUT2D eigenvalue weighted by Gasteiger charge is 2.48. The lowest BCUT2D eigenvalue weighted by Crippen LogP contribution is -2.33. The number of benzene rings is 1. The summed E-state index contributed by atoms with van der Waals surface area (Å²) >= 11 is 0. The predicted molar refractivity (Wildman–Crippen MR) is 80.8 cm³/mol. The van der Waals surface area contributed by atoms with Gasteiger partial charge in [0, 0.05) is 0 Å². The Balaban J connectivity index is 2.07. The maximum Gasteiger partial charge on any atom is 0.534 e. The first kappa shape index (κ1) is 18.1. The van der Waals surface area contributed by atoms with Gasteiger partial charge in [-0.25, -0.2) is 0 Å². The molecule has 23 heavy (non-hydrogen) atoms. The van der Waals surface area contributed by atoms with Gasteiger partial charge in [0.15, 0.2) is 0 Å². The average molecular weight is 351 g/mol. The van der Waals surface area contributed by atoms with Crippen LogP contribution >= 0.6 is 0 Å². The van der Waals surface area contributed by atoms with Crippen LogP contribution in [0.4, 0.5) is 13.2 Å². The fraction of sp³-hybridized carbons (Fsp3) is 0.600. The Kier molecular flexibility index (Phi) is 5.57. The first-order valence-electron chi connectivity index (χ1n) is 7.56. The molecule has 0 spiro atoms. The summed E-state index contributed by atoms with van der Waals surface area (Å²) in [6, 6.07) is 5.94. The summed E-state index contributed by atoms with van der Waals surface area (Å²) in [6.45, 7) is 5.03. The summed E-state index contributed by atoms with van der Waals surface area (Å²) < 4.78 is 63.4. The van der Waals surface area contributed by atoms with E-state index in [0.29, 0.717) is 0 Å². The summed E-state index contributed by atoms with van der Waals surface area (Å²) in [4.78, 5) is 2.35. The van der Waals surface area contributed by atoms with Gasteiger partial charge < -0.3 is 9.08 Å². The highest BCUT2D eigenvalue weighted by molar-refractivity contribution is 7.88. The van der Waals surface area contributed by atoms with Crippen molar-refractivity contribution in [2.45, 2.75) is 37.6 Å². The van der Waals surface area contributed by atoms with Gasteiger partial charge >= 0.3 is 15.6 Å². The van der Waals surface area contributed by atoms with Crippen LogP contribution in [0.3, 0.4) is 0 Å². The minimum absolute atomic E-state index is 0.209. The minimum atomic E-state index is -5.62. The Bertz CT molecular complexity index is 623. The Morgan fingerprint density at radius 2 is 1.91 bits per heavy atom. The van der Waals surface area contributed by atoms with Crippen molar-refractivity contribution in [3.05, 3.63) is 29.8 Å². The third kappa shape index (κ3) is 4.60. The highest BCUT2D eigenvalue weighted by atomic mass is 32.2. The number of piperidine rings is 1. The zero-order valence-corrected chi connectivity index (χ0v) is 13.7. The third-order valence-electron chi connectivity index (χ3n) is 3.95. The zero-order chi connectivity index (χ0) is 17.1. The van der Waals surface area contributed by atoms with Crippen molar-refractivity contribution >= 4 is 10.1 Å². The summed E-state index contributed by atoms with van der Waals surface area (Å²) in [7, 11) is -5.62. The van der Waals surface area contributed by atoms with E-state index in [4.69, 9.17) is 0 Å². The van der Waals surface area contributed by atoms with Gasteiger partial charge in [0.1, 0.15) is 5.75 Å². The molecule has 0 amide bonds. The molecule has 0 saturated carbocycles. The zero-order valence-electron chi connectivity index (χ0n) is 12.8. The third-order valence-corrected chi connectivity index (χ3v) is 4.93. The predicted octanol–water partition coefficient (Wildman–Crippen LogP) is 3.50. The van der Waals surface area contributed by atoms with E-state index in [1.807, 2.05) is 0 Å². The molecule has 0 aliphatic carbocycles. The van der Waals surface area contributed by atoms with Crippen LogP contribution in [0.25, 0.3) is 0 Å². The second-order valence-corrected chi connectivity index (χ2v) is 7.21. The van der Waals surface area contributed by atoms with Crippen molar-refractivity contribution in [2.75, 3.05) is 19.6 Å². The Labute approximate surface area is 134 Å². The lowest BCUT2D eigenvalue weighted by Gasteiger charge is -2.32. The minimum Gasteiger partial charge on any atom is -0.376 e. The van der Waals surface area contributed by atoms with Gasteiger partial charge in [-0.05, 0) is 62.5 Å². The van der Waals surface area contributed by atoms with Gasteiger partial charge in [-0.3, -0.25) is 0 Å². The first-order valence-corrected chi connectivity index (χ1v) is 8.97. The monoisotopic (exact) mass is 351 g/mol. The van der Waals surface area contributed by atoms with Gasteiger partial charge in [0.25, 0.3) is 0 Å². The molecule has 0 atom stereocenters. The topological polar surface area (TPSA) is 46.6 Å². The molecule has 2 rings (SSSR count). The van der Waals surface area contributed by atoms with Gasteiger partial charge in [0.2, 0.25) is 0 Å². The van der Waals surface area contributed by atoms with Gasteiger partial charge in [-0.15, -0.1) is 0 Å². The molecule has 1 aromatic rings. The van der Waals surface area contributed by atoms with E-state index >= 15 is 0 Å². The van der Waals surface area contributed by atoms with Gasteiger partial charge in [0.05, 0.1) is 0 Å². The first-order chi connectivity index (χ1) is 10.7. The van der Waals surface area contributed by atoms with Crippen molar-refractivity contribution in [3.8, 4) is 5.75 Å². The number of alkyl halides is 3. The molecule has 130 valence electrons. The lowest BCUT2D eigenvalue weighted by molar-refractivity contribution is -0.0500. The number of hydrogen-bond donors (Lipinski definition) is 0. The Morgan fingerprint density at radius 1 is 1.26 bits per heavy atom. The van der Waals surface area contributed by atoms with Crippen molar-refractivity contribution in [2.24, 2.45) is 0 Å². The Hall–Kier alpha value is -1.28. The van der Waals surface area contributed by atoms with E-state index in [9.17, 15) is 21.6 Å². The number of rotatable bonds is 5. The summed E-state index contributed by atoms with van der Waals surface area (Å²) in [5.41, 5.74) is -4.61. The SMILES string of the molecule is CCCN1CCC(c2cccc(OS(=O)(=O)C(F)(F)F)c2)CC1. The molecule has 0 bridgehead atoms. The van der Waals surface area contributed by atoms with Crippen LogP contribution in [0, 0.1) is 0 Å². The molecule has 0 unspecified atom stereocenters. The van der Waals surface area contributed by atoms with Crippen LogP contribution in [-0.2, 0) is 10.1 Å². The molecular weight excluding hydrogens is 331 g/mol. The molecule has 1 saturated heterocycles. The van der Waals surface area contributed by atoms with E-state index in [2.05, 4.69) is 16.0 Å². The maximum absolute atomic E-state index is 12.4. The lowest BCUT2D eigenvalue weighted by atomic mass is 9.89. The second-order valence-electron chi connectivity index (χ2n) is 5.67. The highest BCUT2D eigenvalue weighted by Crippen LogP contribution is 2.32. The normalized spacial score (nSPS) is 18.1.